The molecule has 2 N–H and O–H groups in total. The molecule has 0 unspecified atom stereocenters. The topological polar surface area (TPSA) is 32.3 Å². The van der Waals surface area contributed by atoms with Gasteiger partial charge in [0.1, 0.15) is 0 Å². The van der Waals surface area contributed by atoms with E-state index in [9.17, 15) is 5.11 Å². The molecular formula is C15H24BNOP. The summed E-state index contributed by atoms with van der Waals surface area (Å²) in [7, 11) is -0.272. The Morgan fingerprint density at radius 3 is 2.53 bits per heavy atom. The van der Waals surface area contributed by atoms with Crippen LogP contribution in [-0.2, 0) is 6.42 Å². The van der Waals surface area contributed by atoms with Crippen molar-refractivity contribution in [2.24, 2.45) is 0 Å². The first-order chi connectivity index (χ1) is 8.43. The van der Waals surface area contributed by atoms with E-state index in [1.54, 1.807) is 0 Å². The standard InChI is InChI=1S/C15H24NOP.B/c1-5-18(15(2,3)4)16-14-12-9-7-6-8-11(12)10-13(14)17;/h6-9,13-14,16-17H,5,10H2,1-4H3;/t13-,14+,18+;/m1./s1. The number of rotatable bonds is 3. The lowest BCUT2D eigenvalue weighted by molar-refractivity contribution is 0.152. The summed E-state index contributed by atoms with van der Waals surface area (Å²) < 4.78 is 0. The van der Waals surface area contributed by atoms with Crippen molar-refractivity contribution in [3.8, 4) is 0 Å². The summed E-state index contributed by atoms with van der Waals surface area (Å²) in [6.45, 7) is 9.07. The number of hydrogen-bond donors (Lipinski definition) is 2. The van der Waals surface area contributed by atoms with Crippen molar-refractivity contribution < 1.29 is 5.11 Å². The number of benzene rings is 1. The van der Waals surface area contributed by atoms with Crippen molar-refractivity contribution in [1.29, 1.82) is 0 Å². The maximum absolute atomic E-state index is 10.3. The van der Waals surface area contributed by atoms with Gasteiger partial charge in [-0.2, -0.15) is 0 Å². The summed E-state index contributed by atoms with van der Waals surface area (Å²) in [5.41, 5.74) is 2.58. The Kier molecular flexibility index (Phi) is 5.61. The van der Waals surface area contributed by atoms with Crippen LogP contribution in [0.4, 0.5) is 0 Å². The number of nitrogens with one attached hydrogen (secondary N) is 1. The van der Waals surface area contributed by atoms with Gasteiger partial charge < -0.3 is 5.11 Å². The zero-order valence-electron chi connectivity index (χ0n) is 12.4. The molecular weight excluding hydrogens is 252 g/mol. The third-order valence-corrected chi connectivity index (χ3v) is 6.47. The average Bonchev–Trinajstić information content (AvgIpc) is 2.60. The number of aliphatic hydroxyl groups is 1. The molecule has 1 aromatic carbocycles. The molecule has 1 aromatic rings. The molecule has 0 amide bonds. The van der Waals surface area contributed by atoms with Crippen LogP contribution >= 0.6 is 8.07 Å². The Balaban J connectivity index is 0.00000180. The van der Waals surface area contributed by atoms with Crippen molar-refractivity contribution >= 4 is 16.5 Å². The molecule has 0 saturated carbocycles. The molecule has 0 bridgehead atoms. The van der Waals surface area contributed by atoms with Crippen LogP contribution in [0.2, 0.25) is 0 Å². The molecule has 0 aliphatic heterocycles. The van der Waals surface area contributed by atoms with Gasteiger partial charge >= 0.3 is 0 Å². The van der Waals surface area contributed by atoms with Crippen molar-refractivity contribution in [3.05, 3.63) is 35.4 Å². The van der Waals surface area contributed by atoms with E-state index in [4.69, 9.17) is 0 Å². The first-order valence-electron chi connectivity index (χ1n) is 6.73. The third kappa shape index (κ3) is 3.59. The van der Waals surface area contributed by atoms with Gasteiger partial charge in [-0.1, -0.05) is 52.0 Å². The summed E-state index contributed by atoms with van der Waals surface area (Å²) in [5.74, 6) is 0. The molecule has 0 spiro atoms. The molecule has 2 nitrogen and oxygen atoms in total. The fourth-order valence-electron chi connectivity index (χ4n) is 2.66. The predicted molar refractivity (Wildman–Crippen MR) is 85.0 cm³/mol. The predicted octanol–water partition coefficient (Wildman–Crippen LogP) is 3.07. The monoisotopic (exact) mass is 276 g/mol. The molecule has 3 atom stereocenters. The molecule has 3 radical (unpaired) electrons. The molecule has 19 heavy (non-hydrogen) atoms. The molecule has 4 heteroatoms. The Morgan fingerprint density at radius 2 is 1.95 bits per heavy atom. The molecule has 0 aromatic heterocycles. The van der Waals surface area contributed by atoms with Gasteiger partial charge in [0.25, 0.3) is 0 Å². The average molecular weight is 276 g/mol. The van der Waals surface area contributed by atoms with Crippen molar-refractivity contribution in [2.75, 3.05) is 6.16 Å². The minimum absolute atomic E-state index is 0. The van der Waals surface area contributed by atoms with Gasteiger partial charge in [0.05, 0.1) is 12.1 Å². The molecule has 1 aliphatic carbocycles. The lowest BCUT2D eigenvalue weighted by atomic mass is 10.1. The van der Waals surface area contributed by atoms with Crippen LogP contribution in [0.25, 0.3) is 0 Å². The zero-order chi connectivity index (χ0) is 13.3. The Bertz CT molecular complexity index is 419. The highest BCUT2D eigenvalue weighted by Gasteiger charge is 2.34. The zero-order valence-corrected chi connectivity index (χ0v) is 13.2. The van der Waals surface area contributed by atoms with E-state index >= 15 is 0 Å². The van der Waals surface area contributed by atoms with Crippen LogP contribution in [0.3, 0.4) is 0 Å². The van der Waals surface area contributed by atoms with Crippen molar-refractivity contribution in [1.82, 2.24) is 5.09 Å². The number of hydrogen-bond acceptors (Lipinski definition) is 2. The van der Waals surface area contributed by atoms with Gasteiger partial charge in [-0.25, -0.2) is 0 Å². The summed E-state index contributed by atoms with van der Waals surface area (Å²) in [4.78, 5) is 0. The second-order valence-corrected chi connectivity index (χ2v) is 9.08. The van der Waals surface area contributed by atoms with Crippen LogP contribution in [0.1, 0.15) is 44.9 Å². The van der Waals surface area contributed by atoms with Crippen LogP contribution in [0.15, 0.2) is 24.3 Å². The first-order valence-corrected chi connectivity index (χ1v) is 8.26. The molecule has 103 valence electrons. The van der Waals surface area contributed by atoms with E-state index in [2.05, 4.69) is 57.0 Å². The molecule has 1 aliphatic rings. The second-order valence-electron chi connectivity index (χ2n) is 5.99. The van der Waals surface area contributed by atoms with Gasteiger partial charge in [-0.05, 0) is 30.5 Å². The third-order valence-electron chi connectivity index (χ3n) is 3.62. The highest BCUT2D eigenvalue weighted by Crippen LogP contribution is 2.49. The van der Waals surface area contributed by atoms with Crippen LogP contribution in [0.5, 0.6) is 0 Å². The lowest BCUT2D eigenvalue weighted by Gasteiger charge is -2.34. The van der Waals surface area contributed by atoms with Gasteiger partial charge in [0.2, 0.25) is 0 Å². The lowest BCUT2D eigenvalue weighted by Crippen LogP contribution is -2.31. The molecule has 0 heterocycles. The van der Waals surface area contributed by atoms with Gasteiger partial charge in [0.15, 0.2) is 0 Å². The number of fused-ring (bicyclic) bond motifs is 1. The summed E-state index contributed by atoms with van der Waals surface area (Å²) in [6.07, 6.45) is 1.65. The van der Waals surface area contributed by atoms with E-state index in [1.807, 2.05) is 0 Å². The Labute approximate surface area is 120 Å². The second kappa shape index (κ2) is 6.39. The van der Waals surface area contributed by atoms with Crippen molar-refractivity contribution in [2.45, 2.75) is 51.4 Å². The maximum Gasteiger partial charge on any atom is 0.0778 e. The summed E-state index contributed by atoms with van der Waals surface area (Å²) >= 11 is 0. The maximum atomic E-state index is 10.3. The normalized spacial score (nSPS) is 23.6. The molecule has 2 rings (SSSR count). The Hall–Kier alpha value is -0.365. The summed E-state index contributed by atoms with van der Waals surface area (Å²) in [6, 6.07) is 8.52. The smallest absolute Gasteiger partial charge is 0.0778 e. The van der Waals surface area contributed by atoms with Crippen LogP contribution in [0, 0.1) is 0 Å². The van der Waals surface area contributed by atoms with E-state index in [0.717, 1.165) is 12.6 Å². The highest BCUT2D eigenvalue weighted by atomic mass is 31.1. The van der Waals surface area contributed by atoms with Gasteiger partial charge in [-0.15, -0.1) is 0 Å². The first kappa shape index (κ1) is 16.7. The van der Waals surface area contributed by atoms with E-state index in [0.29, 0.717) is 0 Å². The highest BCUT2D eigenvalue weighted by molar-refractivity contribution is 7.57. The van der Waals surface area contributed by atoms with Gasteiger partial charge in [-0.3, -0.25) is 5.09 Å². The Morgan fingerprint density at radius 1 is 1.32 bits per heavy atom. The van der Waals surface area contributed by atoms with E-state index in [1.165, 1.54) is 11.1 Å². The summed E-state index contributed by atoms with van der Waals surface area (Å²) in [5, 5.41) is 14.3. The van der Waals surface area contributed by atoms with Gasteiger partial charge in [0, 0.05) is 14.8 Å². The van der Waals surface area contributed by atoms with E-state index in [-0.39, 0.29) is 33.8 Å². The fourth-order valence-corrected chi connectivity index (χ4v) is 4.82. The molecule has 0 saturated heterocycles. The van der Waals surface area contributed by atoms with Crippen molar-refractivity contribution in [3.63, 3.8) is 0 Å². The quantitative estimate of drug-likeness (QED) is 0.657. The van der Waals surface area contributed by atoms with Crippen LogP contribution < -0.4 is 5.09 Å². The minimum Gasteiger partial charge on any atom is -0.391 e. The molecule has 0 fully saturated rings. The fraction of sp³-hybridized carbons (Fsp3) is 0.600. The number of aliphatic hydroxyl groups excluding tert-OH is 1. The van der Waals surface area contributed by atoms with Crippen LogP contribution in [-0.4, -0.2) is 30.9 Å². The largest absolute Gasteiger partial charge is 0.391 e. The minimum atomic E-state index is -0.277. The van der Waals surface area contributed by atoms with E-state index < -0.39 is 0 Å². The SMILES string of the molecule is CC[P@](N[C@H]1c2ccccc2C[C@H]1O)C(C)(C)C.[B].